The summed E-state index contributed by atoms with van der Waals surface area (Å²) in [6.45, 7) is 10.0. The number of piperazine rings is 1. The van der Waals surface area contributed by atoms with E-state index in [1.807, 2.05) is 0 Å². The molecule has 4 nitrogen and oxygen atoms in total. The summed E-state index contributed by atoms with van der Waals surface area (Å²) in [7, 11) is 0. The highest BCUT2D eigenvalue weighted by Crippen LogP contribution is 2.23. The number of aromatic amines is 1. The zero-order chi connectivity index (χ0) is 16.5. The first-order valence-electron chi connectivity index (χ1n) is 9.19. The van der Waals surface area contributed by atoms with Gasteiger partial charge >= 0.3 is 0 Å². The Balaban J connectivity index is 1.37. The van der Waals surface area contributed by atoms with Crippen LogP contribution in [-0.2, 0) is 6.54 Å². The largest absolute Gasteiger partial charge is 0.341 e. The van der Waals surface area contributed by atoms with Gasteiger partial charge in [0.05, 0.1) is 17.6 Å². The van der Waals surface area contributed by atoms with Gasteiger partial charge in [-0.25, -0.2) is 4.98 Å². The van der Waals surface area contributed by atoms with Crippen LogP contribution in [0.5, 0.6) is 0 Å². The summed E-state index contributed by atoms with van der Waals surface area (Å²) in [5, 5.41) is 0. The Morgan fingerprint density at radius 3 is 2.62 bits per heavy atom. The molecule has 2 aliphatic rings. The molecule has 2 aromatic rings. The van der Waals surface area contributed by atoms with Crippen molar-refractivity contribution in [1.82, 2.24) is 19.8 Å². The van der Waals surface area contributed by atoms with E-state index in [2.05, 4.69) is 52.5 Å². The first kappa shape index (κ1) is 16.4. The zero-order valence-electron chi connectivity index (χ0n) is 14.8. The molecule has 0 radical (unpaired) electrons. The van der Waals surface area contributed by atoms with Gasteiger partial charge in [0.2, 0.25) is 0 Å². The normalized spacial score (nSPS) is 21.6. The number of H-pyrrole nitrogens is 1. The van der Waals surface area contributed by atoms with Crippen LogP contribution < -0.4 is 0 Å². The molecule has 3 heterocycles. The van der Waals surface area contributed by atoms with Gasteiger partial charge in [0, 0.05) is 32.2 Å². The summed E-state index contributed by atoms with van der Waals surface area (Å²) in [5.41, 5.74) is 4.93. The van der Waals surface area contributed by atoms with Gasteiger partial charge in [-0.15, -0.1) is 0 Å². The lowest BCUT2D eigenvalue weighted by Crippen LogP contribution is -2.50. The lowest BCUT2D eigenvalue weighted by molar-refractivity contribution is 0.0867. The van der Waals surface area contributed by atoms with E-state index in [0.717, 1.165) is 23.9 Å². The molecule has 0 unspecified atom stereocenters. The predicted molar refractivity (Wildman–Crippen MR) is 103 cm³/mol. The van der Waals surface area contributed by atoms with Gasteiger partial charge in [0.15, 0.2) is 0 Å². The van der Waals surface area contributed by atoms with Crippen LogP contribution in [0.15, 0.2) is 12.1 Å². The number of fused-ring (bicyclic) bond motifs is 1. The Labute approximate surface area is 149 Å². The van der Waals surface area contributed by atoms with E-state index in [1.165, 1.54) is 67.2 Å². The Morgan fingerprint density at radius 2 is 1.88 bits per heavy atom. The summed E-state index contributed by atoms with van der Waals surface area (Å²) in [6, 6.07) is 5.18. The molecule has 1 aromatic carbocycles. The molecule has 0 atom stereocenters. The standard InChI is InChI=1S/C19H28N4S/c1-14-3-4-17-19(15(14)2)21-18(20-17)13-22-7-9-23(10-8-22)16-5-11-24-12-6-16/h3-4,16H,5-13H2,1-2H3,(H,20,21). The van der Waals surface area contributed by atoms with Gasteiger partial charge in [0.25, 0.3) is 0 Å². The first-order valence-corrected chi connectivity index (χ1v) is 10.3. The summed E-state index contributed by atoms with van der Waals surface area (Å²) in [5.74, 6) is 3.81. The van der Waals surface area contributed by atoms with Gasteiger partial charge in [0.1, 0.15) is 5.82 Å². The summed E-state index contributed by atoms with van der Waals surface area (Å²) in [6.07, 6.45) is 2.76. The van der Waals surface area contributed by atoms with E-state index < -0.39 is 0 Å². The van der Waals surface area contributed by atoms with E-state index >= 15 is 0 Å². The van der Waals surface area contributed by atoms with E-state index in [1.54, 1.807) is 0 Å². The third-order valence-corrected chi connectivity index (χ3v) is 6.76. The molecule has 130 valence electrons. The van der Waals surface area contributed by atoms with Crippen LogP contribution in [0.2, 0.25) is 0 Å². The van der Waals surface area contributed by atoms with Crippen molar-refractivity contribution < 1.29 is 0 Å². The van der Waals surface area contributed by atoms with Crippen molar-refractivity contribution in [1.29, 1.82) is 0 Å². The number of aryl methyl sites for hydroxylation is 2. The number of benzene rings is 1. The Bertz CT molecular complexity index is 697. The number of hydrogen-bond acceptors (Lipinski definition) is 4. The van der Waals surface area contributed by atoms with Crippen molar-refractivity contribution in [3.63, 3.8) is 0 Å². The first-order chi connectivity index (χ1) is 11.7. The maximum atomic E-state index is 4.86. The molecule has 2 aliphatic heterocycles. The molecule has 1 N–H and O–H groups in total. The quantitative estimate of drug-likeness (QED) is 0.927. The van der Waals surface area contributed by atoms with Crippen LogP contribution >= 0.6 is 11.8 Å². The topological polar surface area (TPSA) is 35.2 Å². The second kappa shape index (κ2) is 7.06. The zero-order valence-corrected chi connectivity index (χ0v) is 15.7. The molecule has 0 spiro atoms. The number of nitrogens with zero attached hydrogens (tertiary/aromatic N) is 3. The molecular weight excluding hydrogens is 316 g/mol. The number of thioether (sulfide) groups is 1. The molecule has 24 heavy (non-hydrogen) atoms. The minimum absolute atomic E-state index is 0.838. The fourth-order valence-corrected chi connectivity index (χ4v) is 5.07. The number of hydrogen-bond donors (Lipinski definition) is 1. The van der Waals surface area contributed by atoms with E-state index in [0.29, 0.717) is 0 Å². The van der Waals surface area contributed by atoms with Crippen molar-refractivity contribution in [3.8, 4) is 0 Å². The lowest BCUT2D eigenvalue weighted by atomic mass is 10.1. The molecule has 0 amide bonds. The summed E-state index contributed by atoms with van der Waals surface area (Å²) in [4.78, 5) is 13.7. The number of aromatic nitrogens is 2. The van der Waals surface area contributed by atoms with Crippen LogP contribution in [0.3, 0.4) is 0 Å². The van der Waals surface area contributed by atoms with Crippen molar-refractivity contribution in [2.75, 3.05) is 37.7 Å². The van der Waals surface area contributed by atoms with Crippen molar-refractivity contribution in [2.45, 2.75) is 39.3 Å². The van der Waals surface area contributed by atoms with E-state index in [9.17, 15) is 0 Å². The smallest absolute Gasteiger partial charge is 0.121 e. The number of rotatable bonds is 3. The molecular formula is C19H28N4S. The van der Waals surface area contributed by atoms with Crippen molar-refractivity contribution in [2.24, 2.45) is 0 Å². The average Bonchev–Trinajstić information content (AvgIpc) is 3.03. The maximum absolute atomic E-state index is 4.86. The monoisotopic (exact) mass is 344 g/mol. The van der Waals surface area contributed by atoms with Gasteiger partial charge in [-0.3, -0.25) is 9.80 Å². The van der Waals surface area contributed by atoms with E-state index in [-0.39, 0.29) is 0 Å². The fraction of sp³-hybridized carbons (Fsp3) is 0.632. The second-order valence-corrected chi connectivity index (χ2v) is 8.47. The minimum atomic E-state index is 0.838. The third-order valence-electron chi connectivity index (χ3n) is 5.72. The molecule has 2 saturated heterocycles. The molecule has 2 fully saturated rings. The molecule has 1 aromatic heterocycles. The maximum Gasteiger partial charge on any atom is 0.121 e. The van der Waals surface area contributed by atoms with Crippen LogP contribution in [0.4, 0.5) is 0 Å². The van der Waals surface area contributed by atoms with Gasteiger partial charge in [-0.1, -0.05) is 6.07 Å². The summed E-state index contributed by atoms with van der Waals surface area (Å²) >= 11 is 2.12. The number of nitrogens with one attached hydrogen (secondary N) is 1. The predicted octanol–water partition coefficient (Wildman–Crippen LogP) is 3.19. The molecule has 4 rings (SSSR count). The van der Waals surface area contributed by atoms with Crippen LogP contribution in [0.1, 0.15) is 29.8 Å². The molecule has 5 heteroatoms. The average molecular weight is 345 g/mol. The highest BCUT2D eigenvalue weighted by Gasteiger charge is 2.25. The van der Waals surface area contributed by atoms with Crippen molar-refractivity contribution >= 4 is 22.8 Å². The highest BCUT2D eigenvalue weighted by molar-refractivity contribution is 7.99. The van der Waals surface area contributed by atoms with Gasteiger partial charge < -0.3 is 4.98 Å². The lowest BCUT2D eigenvalue weighted by Gasteiger charge is -2.40. The fourth-order valence-electron chi connectivity index (χ4n) is 3.99. The molecule has 0 bridgehead atoms. The molecule has 0 aliphatic carbocycles. The van der Waals surface area contributed by atoms with Crippen LogP contribution in [-0.4, -0.2) is 63.5 Å². The van der Waals surface area contributed by atoms with Gasteiger partial charge in [-0.05, 0) is 55.4 Å². The highest BCUT2D eigenvalue weighted by atomic mass is 32.2. The Morgan fingerprint density at radius 1 is 1.12 bits per heavy atom. The van der Waals surface area contributed by atoms with Crippen LogP contribution in [0.25, 0.3) is 11.0 Å². The van der Waals surface area contributed by atoms with Crippen LogP contribution in [0, 0.1) is 13.8 Å². The minimum Gasteiger partial charge on any atom is -0.341 e. The van der Waals surface area contributed by atoms with E-state index in [4.69, 9.17) is 4.98 Å². The van der Waals surface area contributed by atoms with Crippen molar-refractivity contribution in [3.05, 3.63) is 29.1 Å². The Kier molecular flexibility index (Phi) is 4.83. The molecule has 0 saturated carbocycles. The SMILES string of the molecule is Cc1ccc2[nH]c(CN3CCN(C4CCSCC4)CC3)nc2c1C. The summed E-state index contributed by atoms with van der Waals surface area (Å²) < 4.78 is 0. The second-order valence-electron chi connectivity index (χ2n) is 7.24. The number of imidazole rings is 1. The Hall–Kier alpha value is -1.04. The third kappa shape index (κ3) is 3.35. The van der Waals surface area contributed by atoms with Gasteiger partial charge in [-0.2, -0.15) is 11.8 Å².